The zero-order valence-electron chi connectivity index (χ0n) is 14.4. The van der Waals surface area contributed by atoms with Crippen molar-refractivity contribution >= 4 is 15.9 Å². The van der Waals surface area contributed by atoms with Crippen LogP contribution in [0, 0.1) is 6.92 Å². The first kappa shape index (κ1) is 16.7. The lowest BCUT2D eigenvalue weighted by atomic mass is 10.0. The number of halogens is 1. The summed E-state index contributed by atoms with van der Waals surface area (Å²) in [4.78, 5) is 9.37. The standard InChI is InChI=1S/C23H17BrN2/c1-16-5-4-6-18(13-16)22-14-19(17-8-10-20(24)11-9-17)15-23(26-22)21-7-2-3-12-25-21/h2-15H,1H3. The summed E-state index contributed by atoms with van der Waals surface area (Å²) in [6.07, 6.45) is 1.80. The van der Waals surface area contributed by atoms with E-state index in [1.165, 1.54) is 5.56 Å². The third kappa shape index (κ3) is 3.58. The molecule has 26 heavy (non-hydrogen) atoms. The number of aromatic nitrogens is 2. The van der Waals surface area contributed by atoms with Gasteiger partial charge >= 0.3 is 0 Å². The summed E-state index contributed by atoms with van der Waals surface area (Å²) in [7, 11) is 0. The second-order valence-corrected chi connectivity index (χ2v) is 7.13. The summed E-state index contributed by atoms with van der Waals surface area (Å²) in [6.45, 7) is 2.10. The van der Waals surface area contributed by atoms with E-state index in [2.05, 4.69) is 88.5 Å². The predicted octanol–water partition coefficient (Wildman–Crippen LogP) is 6.55. The van der Waals surface area contributed by atoms with Crippen LogP contribution in [0.5, 0.6) is 0 Å². The second-order valence-electron chi connectivity index (χ2n) is 6.22. The molecule has 4 aromatic rings. The monoisotopic (exact) mass is 400 g/mol. The lowest BCUT2D eigenvalue weighted by molar-refractivity contribution is 1.25. The van der Waals surface area contributed by atoms with Crippen molar-refractivity contribution in [1.29, 1.82) is 0 Å². The smallest absolute Gasteiger partial charge is 0.0899 e. The fraction of sp³-hybridized carbons (Fsp3) is 0.0435. The first-order chi connectivity index (χ1) is 12.7. The van der Waals surface area contributed by atoms with E-state index in [1.807, 2.05) is 18.2 Å². The van der Waals surface area contributed by atoms with Gasteiger partial charge in [0, 0.05) is 16.2 Å². The lowest BCUT2D eigenvalue weighted by Gasteiger charge is -2.10. The van der Waals surface area contributed by atoms with E-state index in [1.54, 1.807) is 6.20 Å². The van der Waals surface area contributed by atoms with E-state index in [0.29, 0.717) is 0 Å². The Morgan fingerprint density at radius 3 is 2.19 bits per heavy atom. The summed E-state index contributed by atoms with van der Waals surface area (Å²) >= 11 is 3.51. The molecule has 0 atom stereocenters. The zero-order valence-corrected chi connectivity index (χ0v) is 15.9. The molecule has 3 heteroatoms. The van der Waals surface area contributed by atoms with Gasteiger partial charge in [-0.15, -0.1) is 0 Å². The molecular formula is C23H17BrN2. The second kappa shape index (κ2) is 7.22. The molecule has 0 radical (unpaired) electrons. The Morgan fingerprint density at radius 1 is 0.654 bits per heavy atom. The van der Waals surface area contributed by atoms with Crippen molar-refractivity contribution in [3.8, 4) is 33.8 Å². The van der Waals surface area contributed by atoms with Crippen molar-refractivity contribution in [2.24, 2.45) is 0 Å². The van der Waals surface area contributed by atoms with Crippen LogP contribution in [0.3, 0.4) is 0 Å². The highest BCUT2D eigenvalue weighted by Crippen LogP contribution is 2.30. The number of benzene rings is 2. The molecule has 2 aromatic heterocycles. The first-order valence-corrected chi connectivity index (χ1v) is 9.25. The van der Waals surface area contributed by atoms with E-state index in [4.69, 9.17) is 4.98 Å². The minimum Gasteiger partial charge on any atom is -0.255 e. The predicted molar refractivity (Wildman–Crippen MR) is 111 cm³/mol. The Hall–Kier alpha value is -2.78. The summed E-state index contributed by atoms with van der Waals surface area (Å²) in [5.41, 5.74) is 7.32. The molecule has 0 aliphatic heterocycles. The molecule has 0 spiro atoms. The van der Waals surface area contributed by atoms with Gasteiger partial charge in [0.15, 0.2) is 0 Å². The SMILES string of the molecule is Cc1cccc(-c2cc(-c3ccc(Br)cc3)cc(-c3ccccn3)n2)c1. The molecule has 2 nitrogen and oxygen atoms in total. The van der Waals surface area contributed by atoms with E-state index in [9.17, 15) is 0 Å². The molecule has 0 unspecified atom stereocenters. The van der Waals surface area contributed by atoms with Crippen LogP contribution in [0.15, 0.2) is 89.5 Å². The van der Waals surface area contributed by atoms with Gasteiger partial charge in [-0.2, -0.15) is 0 Å². The fourth-order valence-corrected chi connectivity index (χ4v) is 3.20. The fourth-order valence-electron chi connectivity index (χ4n) is 2.94. The first-order valence-electron chi connectivity index (χ1n) is 8.45. The summed E-state index contributed by atoms with van der Waals surface area (Å²) in [6, 6.07) is 26.9. The van der Waals surface area contributed by atoms with E-state index in [-0.39, 0.29) is 0 Å². The Morgan fingerprint density at radius 2 is 1.46 bits per heavy atom. The zero-order chi connectivity index (χ0) is 17.9. The molecule has 2 heterocycles. The van der Waals surface area contributed by atoms with Gasteiger partial charge in [0.2, 0.25) is 0 Å². The third-order valence-electron chi connectivity index (χ3n) is 4.24. The summed E-state index contributed by atoms with van der Waals surface area (Å²) < 4.78 is 1.07. The highest BCUT2D eigenvalue weighted by atomic mass is 79.9. The van der Waals surface area contributed by atoms with Gasteiger partial charge in [-0.3, -0.25) is 4.98 Å². The van der Waals surface area contributed by atoms with Gasteiger partial charge in [-0.05, 0) is 60.5 Å². The molecule has 126 valence electrons. The summed E-state index contributed by atoms with van der Waals surface area (Å²) in [5.74, 6) is 0. The average Bonchev–Trinajstić information content (AvgIpc) is 2.69. The number of hydrogen-bond acceptors (Lipinski definition) is 2. The van der Waals surface area contributed by atoms with Crippen LogP contribution >= 0.6 is 15.9 Å². The maximum absolute atomic E-state index is 4.89. The number of hydrogen-bond donors (Lipinski definition) is 0. The van der Waals surface area contributed by atoms with Gasteiger partial charge < -0.3 is 0 Å². The largest absolute Gasteiger partial charge is 0.255 e. The lowest BCUT2D eigenvalue weighted by Crippen LogP contribution is -1.93. The van der Waals surface area contributed by atoms with Crippen molar-refractivity contribution in [3.63, 3.8) is 0 Å². The van der Waals surface area contributed by atoms with Gasteiger partial charge in [-0.25, -0.2) is 4.98 Å². The molecule has 0 saturated carbocycles. The van der Waals surface area contributed by atoms with E-state index in [0.717, 1.165) is 38.2 Å². The van der Waals surface area contributed by atoms with Crippen molar-refractivity contribution in [2.45, 2.75) is 6.92 Å². The molecule has 0 saturated heterocycles. The van der Waals surface area contributed by atoms with Crippen LogP contribution in [-0.2, 0) is 0 Å². The highest BCUT2D eigenvalue weighted by Gasteiger charge is 2.09. The Labute approximate surface area is 161 Å². The molecule has 2 aromatic carbocycles. The maximum Gasteiger partial charge on any atom is 0.0899 e. The molecule has 0 amide bonds. The number of pyridine rings is 2. The Balaban J connectivity index is 1.91. The quantitative estimate of drug-likeness (QED) is 0.389. The van der Waals surface area contributed by atoms with Crippen LogP contribution in [0.1, 0.15) is 5.56 Å². The van der Waals surface area contributed by atoms with Crippen molar-refractivity contribution in [2.75, 3.05) is 0 Å². The number of rotatable bonds is 3. The minimum absolute atomic E-state index is 0.875. The molecule has 0 aliphatic rings. The van der Waals surface area contributed by atoms with E-state index < -0.39 is 0 Å². The van der Waals surface area contributed by atoms with Gasteiger partial charge in [0.05, 0.1) is 17.1 Å². The number of nitrogens with zero attached hydrogens (tertiary/aromatic N) is 2. The van der Waals surface area contributed by atoms with Gasteiger partial charge in [0.1, 0.15) is 0 Å². The topological polar surface area (TPSA) is 25.8 Å². The third-order valence-corrected chi connectivity index (χ3v) is 4.77. The van der Waals surface area contributed by atoms with Gasteiger partial charge in [0.25, 0.3) is 0 Å². The number of aryl methyl sites for hydroxylation is 1. The Kier molecular flexibility index (Phi) is 4.63. The minimum atomic E-state index is 0.875. The molecule has 4 rings (SSSR count). The molecule has 0 aliphatic carbocycles. The maximum atomic E-state index is 4.89. The van der Waals surface area contributed by atoms with Crippen molar-refractivity contribution in [1.82, 2.24) is 9.97 Å². The van der Waals surface area contributed by atoms with Crippen LogP contribution in [0.25, 0.3) is 33.8 Å². The highest BCUT2D eigenvalue weighted by molar-refractivity contribution is 9.10. The van der Waals surface area contributed by atoms with Crippen molar-refractivity contribution in [3.05, 3.63) is 95.1 Å². The molecule has 0 fully saturated rings. The van der Waals surface area contributed by atoms with Crippen LogP contribution in [-0.4, -0.2) is 9.97 Å². The van der Waals surface area contributed by atoms with Crippen LogP contribution in [0.2, 0.25) is 0 Å². The van der Waals surface area contributed by atoms with Crippen LogP contribution < -0.4 is 0 Å². The Bertz CT molecular complexity index is 1040. The van der Waals surface area contributed by atoms with Crippen LogP contribution in [0.4, 0.5) is 0 Å². The van der Waals surface area contributed by atoms with Gasteiger partial charge in [-0.1, -0.05) is 57.9 Å². The molecule has 0 bridgehead atoms. The van der Waals surface area contributed by atoms with Crippen molar-refractivity contribution < 1.29 is 0 Å². The van der Waals surface area contributed by atoms with E-state index >= 15 is 0 Å². The summed E-state index contributed by atoms with van der Waals surface area (Å²) in [5, 5.41) is 0. The molecular weight excluding hydrogens is 384 g/mol. The average molecular weight is 401 g/mol. The normalized spacial score (nSPS) is 10.7. The molecule has 0 N–H and O–H groups in total.